The predicted molar refractivity (Wildman–Crippen MR) is 86.5 cm³/mol. The van der Waals surface area contributed by atoms with E-state index >= 15 is 0 Å². The molecule has 0 radical (unpaired) electrons. The van der Waals surface area contributed by atoms with Gasteiger partial charge in [0.1, 0.15) is 0 Å². The van der Waals surface area contributed by atoms with Gasteiger partial charge in [-0.1, -0.05) is 25.5 Å². The number of nitrogens with two attached hydrogens (primary N) is 1. The fourth-order valence-electron chi connectivity index (χ4n) is 2.28. The van der Waals surface area contributed by atoms with Gasteiger partial charge in [0.15, 0.2) is 0 Å². The van der Waals surface area contributed by atoms with Crippen LogP contribution in [0.1, 0.15) is 45.1 Å². The van der Waals surface area contributed by atoms with E-state index in [0.29, 0.717) is 13.0 Å². The maximum absolute atomic E-state index is 11.9. The Hall–Kier alpha value is -1.95. The summed E-state index contributed by atoms with van der Waals surface area (Å²) in [5.41, 5.74) is 6.32. The number of nitrogens with zero attached hydrogens (tertiary/aromatic N) is 1. The molecule has 0 fully saturated rings. The second kappa shape index (κ2) is 8.48. The average Bonchev–Trinajstić information content (AvgIpc) is 2.47. The SMILES string of the molecule is CCCC(C)(N)C(=O)NCCCCc1ccc([N+](=O)[O-])cc1. The maximum atomic E-state index is 11.9. The number of non-ortho nitro benzene ring substituents is 1. The van der Waals surface area contributed by atoms with Crippen LogP contribution in [0.2, 0.25) is 0 Å². The van der Waals surface area contributed by atoms with Gasteiger partial charge in [-0.2, -0.15) is 0 Å². The zero-order valence-electron chi connectivity index (χ0n) is 13.3. The van der Waals surface area contributed by atoms with Crippen LogP contribution >= 0.6 is 0 Å². The summed E-state index contributed by atoms with van der Waals surface area (Å²) in [6, 6.07) is 6.58. The molecule has 0 aliphatic rings. The Kier molecular flexibility index (Phi) is 6.98. The fourth-order valence-corrected chi connectivity index (χ4v) is 2.28. The summed E-state index contributed by atoms with van der Waals surface area (Å²) in [5, 5.41) is 13.4. The highest BCUT2D eigenvalue weighted by Crippen LogP contribution is 2.13. The Morgan fingerprint density at radius 2 is 1.95 bits per heavy atom. The molecule has 0 aliphatic heterocycles. The van der Waals surface area contributed by atoms with Crippen molar-refractivity contribution in [3.8, 4) is 0 Å². The minimum absolute atomic E-state index is 0.106. The van der Waals surface area contributed by atoms with Gasteiger partial charge in [-0.3, -0.25) is 14.9 Å². The molecular formula is C16H25N3O3. The van der Waals surface area contributed by atoms with Crippen LogP contribution in [-0.4, -0.2) is 22.9 Å². The number of nitro benzene ring substituents is 1. The zero-order chi connectivity index (χ0) is 16.6. The highest BCUT2D eigenvalue weighted by atomic mass is 16.6. The quantitative estimate of drug-likeness (QED) is 0.416. The van der Waals surface area contributed by atoms with E-state index in [1.54, 1.807) is 19.1 Å². The van der Waals surface area contributed by atoms with Gasteiger partial charge in [0.25, 0.3) is 5.69 Å². The highest BCUT2D eigenvalue weighted by Gasteiger charge is 2.26. The first-order valence-electron chi connectivity index (χ1n) is 7.67. The minimum Gasteiger partial charge on any atom is -0.355 e. The summed E-state index contributed by atoms with van der Waals surface area (Å²) >= 11 is 0. The number of carbonyl (C=O) groups is 1. The van der Waals surface area contributed by atoms with Gasteiger partial charge in [-0.05, 0) is 38.2 Å². The van der Waals surface area contributed by atoms with Crippen LogP contribution in [0.3, 0.4) is 0 Å². The molecule has 1 rings (SSSR count). The molecule has 3 N–H and O–H groups in total. The van der Waals surface area contributed by atoms with Crippen LogP contribution in [0.15, 0.2) is 24.3 Å². The number of rotatable bonds is 9. The van der Waals surface area contributed by atoms with Gasteiger partial charge in [-0.25, -0.2) is 0 Å². The van der Waals surface area contributed by atoms with Gasteiger partial charge in [0.2, 0.25) is 5.91 Å². The van der Waals surface area contributed by atoms with Crippen LogP contribution < -0.4 is 11.1 Å². The van der Waals surface area contributed by atoms with Gasteiger partial charge >= 0.3 is 0 Å². The largest absolute Gasteiger partial charge is 0.355 e. The normalized spacial score (nSPS) is 13.4. The van der Waals surface area contributed by atoms with Crippen molar-refractivity contribution in [2.45, 2.75) is 51.5 Å². The van der Waals surface area contributed by atoms with Gasteiger partial charge < -0.3 is 11.1 Å². The third-order valence-corrected chi connectivity index (χ3v) is 3.61. The molecule has 1 aromatic rings. The van der Waals surface area contributed by atoms with Crippen molar-refractivity contribution in [3.05, 3.63) is 39.9 Å². The number of unbranched alkanes of at least 4 members (excludes halogenated alkanes) is 1. The molecule has 0 saturated heterocycles. The minimum atomic E-state index is -0.798. The molecular weight excluding hydrogens is 282 g/mol. The van der Waals surface area contributed by atoms with E-state index in [9.17, 15) is 14.9 Å². The summed E-state index contributed by atoms with van der Waals surface area (Å²) in [7, 11) is 0. The second-order valence-electron chi connectivity index (χ2n) is 5.80. The van der Waals surface area contributed by atoms with E-state index in [2.05, 4.69) is 5.32 Å². The molecule has 1 aromatic carbocycles. The van der Waals surface area contributed by atoms with Gasteiger partial charge in [-0.15, -0.1) is 0 Å². The van der Waals surface area contributed by atoms with E-state index in [1.807, 2.05) is 6.92 Å². The summed E-state index contributed by atoms with van der Waals surface area (Å²) in [6.45, 7) is 4.35. The van der Waals surface area contributed by atoms with Crippen LogP contribution in [0, 0.1) is 10.1 Å². The molecule has 1 atom stereocenters. The Balaban J connectivity index is 2.25. The zero-order valence-corrected chi connectivity index (χ0v) is 13.3. The molecule has 1 amide bonds. The number of aryl methyl sites for hydroxylation is 1. The van der Waals surface area contributed by atoms with Gasteiger partial charge in [0, 0.05) is 18.7 Å². The summed E-state index contributed by atoms with van der Waals surface area (Å²) in [6.07, 6.45) is 4.14. The molecule has 0 spiro atoms. The van der Waals surface area contributed by atoms with Crippen molar-refractivity contribution in [3.63, 3.8) is 0 Å². The Labute approximate surface area is 131 Å². The average molecular weight is 307 g/mol. The molecule has 6 nitrogen and oxygen atoms in total. The van der Waals surface area contributed by atoms with Crippen molar-refractivity contribution in [1.29, 1.82) is 0 Å². The smallest absolute Gasteiger partial charge is 0.269 e. The van der Waals surface area contributed by atoms with Crippen LogP contribution in [0.5, 0.6) is 0 Å². The van der Waals surface area contributed by atoms with Crippen molar-refractivity contribution in [2.75, 3.05) is 6.54 Å². The molecule has 6 heteroatoms. The van der Waals surface area contributed by atoms with E-state index in [0.717, 1.165) is 31.2 Å². The fraction of sp³-hybridized carbons (Fsp3) is 0.562. The number of amides is 1. The van der Waals surface area contributed by atoms with E-state index in [-0.39, 0.29) is 11.6 Å². The second-order valence-corrected chi connectivity index (χ2v) is 5.80. The Morgan fingerprint density at radius 3 is 2.50 bits per heavy atom. The first-order chi connectivity index (χ1) is 10.4. The van der Waals surface area contributed by atoms with Crippen LogP contribution in [0.4, 0.5) is 5.69 Å². The van der Waals surface area contributed by atoms with E-state index in [4.69, 9.17) is 5.73 Å². The number of nitrogens with one attached hydrogen (secondary N) is 1. The first kappa shape index (κ1) is 18.1. The van der Waals surface area contributed by atoms with Crippen molar-refractivity contribution < 1.29 is 9.72 Å². The first-order valence-corrected chi connectivity index (χ1v) is 7.67. The lowest BCUT2D eigenvalue weighted by Gasteiger charge is -2.22. The van der Waals surface area contributed by atoms with Crippen molar-refractivity contribution in [2.24, 2.45) is 5.73 Å². The number of hydrogen-bond acceptors (Lipinski definition) is 4. The number of carbonyl (C=O) groups excluding carboxylic acids is 1. The lowest BCUT2D eigenvalue weighted by atomic mass is 9.96. The van der Waals surface area contributed by atoms with E-state index < -0.39 is 10.5 Å². The van der Waals surface area contributed by atoms with Crippen LogP contribution in [-0.2, 0) is 11.2 Å². The van der Waals surface area contributed by atoms with Gasteiger partial charge in [0.05, 0.1) is 10.5 Å². The standard InChI is InChI=1S/C16H25N3O3/c1-3-11-16(2,17)15(20)18-12-5-4-6-13-7-9-14(10-8-13)19(21)22/h7-10H,3-6,11-12,17H2,1-2H3,(H,18,20). The molecule has 0 aliphatic carbocycles. The molecule has 0 saturated carbocycles. The molecule has 1 unspecified atom stereocenters. The molecule has 22 heavy (non-hydrogen) atoms. The maximum Gasteiger partial charge on any atom is 0.269 e. The highest BCUT2D eigenvalue weighted by molar-refractivity contribution is 5.85. The van der Waals surface area contributed by atoms with E-state index in [1.165, 1.54) is 12.1 Å². The monoisotopic (exact) mass is 307 g/mol. The third kappa shape index (κ3) is 5.81. The van der Waals surface area contributed by atoms with Crippen molar-refractivity contribution in [1.82, 2.24) is 5.32 Å². The lowest BCUT2D eigenvalue weighted by molar-refractivity contribution is -0.384. The Bertz CT molecular complexity index is 498. The summed E-state index contributed by atoms with van der Waals surface area (Å²) in [4.78, 5) is 22.0. The molecule has 0 heterocycles. The van der Waals surface area contributed by atoms with Crippen molar-refractivity contribution >= 4 is 11.6 Å². The predicted octanol–water partition coefficient (Wildman–Crippen LogP) is 2.55. The molecule has 122 valence electrons. The molecule has 0 bridgehead atoms. The summed E-state index contributed by atoms with van der Waals surface area (Å²) in [5.74, 6) is -0.107. The lowest BCUT2D eigenvalue weighted by Crippen LogP contribution is -2.51. The summed E-state index contributed by atoms with van der Waals surface area (Å²) < 4.78 is 0. The third-order valence-electron chi connectivity index (χ3n) is 3.61. The molecule has 0 aromatic heterocycles. The topological polar surface area (TPSA) is 98.3 Å². The number of hydrogen-bond donors (Lipinski definition) is 2. The number of benzene rings is 1. The number of nitro groups is 1. The van der Waals surface area contributed by atoms with Crippen LogP contribution in [0.25, 0.3) is 0 Å². The Morgan fingerprint density at radius 1 is 1.32 bits per heavy atom.